The van der Waals surface area contributed by atoms with Crippen molar-refractivity contribution >= 4 is 62.9 Å². The summed E-state index contributed by atoms with van der Waals surface area (Å²) in [4.78, 5) is 18.1. The number of aromatic nitrogens is 2. The van der Waals surface area contributed by atoms with Gasteiger partial charge in [0, 0.05) is 10.4 Å². The number of halogens is 3. The zero-order valence-corrected chi connectivity index (χ0v) is 21.6. The molecule has 0 fully saturated rings. The Labute approximate surface area is 221 Å². The molecular formula is C27H20Cl3N3O3. The van der Waals surface area contributed by atoms with Gasteiger partial charge in [0.25, 0.3) is 5.56 Å². The van der Waals surface area contributed by atoms with E-state index in [1.54, 1.807) is 54.6 Å². The fraction of sp³-hybridized carbons (Fsp3) is 0.148. The molecule has 3 aromatic carbocycles. The first kappa shape index (κ1) is 24.4. The van der Waals surface area contributed by atoms with Crippen LogP contribution in [0.15, 0.2) is 75.0 Å². The van der Waals surface area contributed by atoms with Gasteiger partial charge in [-0.2, -0.15) is 9.78 Å². The number of hydrogen-bond acceptors (Lipinski definition) is 5. The van der Waals surface area contributed by atoms with Crippen LogP contribution in [-0.2, 0) is 0 Å². The van der Waals surface area contributed by atoms with Gasteiger partial charge < -0.3 is 9.15 Å². The van der Waals surface area contributed by atoms with Crippen molar-refractivity contribution in [1.29, 1.82) is 0 Å². The van der Waals surface area contributed by atoms with E-state index in [9.17, 15) is 4.79 Å². The highest BCUT2D eigenvalue weighted by atomic mass is 35.5. The summed E-state index contributed by atoms with van der Waals surface area (Å²) >= 11 is 19.0. The van der Waals surface area contributed by atoms with E-state index in [-0.39, 0.29) is 17.5 Å². The molecule has 0 aliphatic heterocycles. The van der Waals surface area contributed by atoms with Crippen molar-refractivity contribution in [2.24, 2.45) is 5.10 Å². The van der Waals surface area contributed by atoms with E-state index in [2.05, 4.69) is 10.1 Å². The van der Waals surface area contributed by atoms with E-state index >= 15 is 0 Å². The fourth-order valence-electron chi connectivity index (χ4n) is 3.69. The maximum absolute atomic E-state index is 13.4. The molecule has 1 atom stereocenters. The van der Waals surface area contributed by atoms with Crippen molar-refractivity contribution in [3.8, 4) is 17.3 Å². The van der Waals surface area contributed by atoms with Crippen LogP contribution in [0.5, 0.6) is 5.75 Å². The van der Waals surface area contributed by atoms with Crippen LogP contribution in [0.25, 0.3) is 33.5 Å². The second-order valence-electron chi connectivity index (χ2n) is 8.26. The zero-order valence-electron chi connectivity index (χ0n) is 19.3. The van der Waals surface area contributed by atoms with Gasteiger partial charge in [0.05, 0.1) is 33.3 Å². The highest BCUT2D eigenvalue weighted by Gasteiger charge is 2.17. The smallest absolute Gasteiger partial charge is 0.282 e. The average molecular weight is 541 g/mol. The molecule has 0 spiro atoms. The SMILES string of the molecule is CC[C@H](C)Oc1c(Cl)cc(C=Nn2c(-c3cc4cc(Cl)ccc4o3)nc3ccccc3c2=O)cc1Cl. The molecule has 0 saturated heterocycles. The molecule has 0 radical (unpaired) electrons. The number of benzene rings is 3. The maximum atomic E-state index is 13.4. The van der Waals surface area contributed by atoms with Gasteiger partial charge in [-0.25, -0.2) is 4.98 Å². The lowest BCUT2D eigenvalue weighted by molar-refractivity contribution is 0.218. The third-order valence-corrected chi connectivity index (χ3v) is 6.49. The number of furan rings is 1. The molecule has 2 aromatic heterocycles. The van der Waals surface area contributed by atoms with E-state index < -0.39 is 0 Å². The molecule has 0 N–H and O–H groups in total. The molecule has 5 rings (SSSR count). The van der Waals surface area contributed by atoms with Gasteiger partial charge in [0.15, 0.2) is 11.5 Å². The molecule has 0 aliphatic rings. The standard InChI is InChI=1S/C27H20Cl3N3O3/c1-3-15(2)35-25-20(29)10-16(11-21(25)30)14-31-33-26(32-22-7-5-4-6-19(22)27(33)34)24-13-17-12-18(28)8-9-23(17)36-24/h4-15H,3H2,1-2H3/t15-/m0/s1. The van der Waals surface area contributed by atoms with Crippen molar-refractivity contribution in [2.75, 3.05) is 0 Å². The average Bonchev–Trinajstić information content (AvgIpc) is 3.28. The van der Waals surface area contributed by atoms with Crippen LogP contribution >= 0.6 is 34.8 Å². The van der Waals surface area contributed by atoms with Gasteiger partial charge >= 0.3 is 0 Å². The van der Waals surface area contributed by atoms with Crippen LogP contribution < -0.4 is 10.3 Å². The second kappa shape index (κ2) is 9.97. The predicted octanol–water partition coefficient (Wildman–Crippen LogP) is 7.83. The predicted molar refractivity (Wildman–Crippen MR) is 146 cm³/mol. The lowest BCUT2D eigenvalue weighted by Crippen LogP contribution is -2.20. The molecule has 0 bridgehead atoms. The van der Waals surface area contributed by atoms with Crippen LogP contribution in [0.2, 0.25) is 15.1 Å². The number of nitrogens with zero attached hydrogens (tertiary/aromatic N) is 3. The highest BCUT2D eigenvalue weighted by Crippen LogP contribution is 2.35. The summed E-state index contributed by atoms with van der Waals surface area (Å²) in [7, 11) is 0. The molecule has 36 heavy (non-hydrogen) atoms. The maximum Gasteiger partial charge on any atom is 0.282 e. The second-order valence-corrected chi connectivity index (χ2v) is 9.51. The molecule has 0 saturated carbocycles. The Morgan fingerprint density at radius 2 is 1.83 bits per heavy atom. The zero-order chi connectivity index (χ0) is 25.4. The van der Waals surface area contributed by atoms with E-state index in [1.807, 2.05) is 19.9 Å². The topological polar surface area (TPSA) is 69.6 Å². The Kier molecular flexibility index (Phi) is 6.75. The van der Waals surface area contributed by atoms with Gasteiger partial charge in [0.1, 0.15) is 5.58 Å². The van der Waals surface area contributed by atoms with Gasteiger partial charge in [0.2, 0.25) is 5.82 Å². The third kappa shape index (κ3) is 4.72. The number of para-hydroxylation sites is 1. The Balaban J connectivity index is 1.63. The minimum atomic E-state index is -0.348. The first-order valence-electron chi connectivity index (χ1n) is 11.3. The van der Waals surface area contributed by atoms with Crippen LogP contribution in [0.4, 0.5) is 0 Å². The summed E-state index contributed by atoms with van der Waals surface area (Å²) < 4.78 is 13.0. The lowest BCUT2D eigenvalue weighted by atomic mass is 10.2. The minimum Gasteiger partial charge on any atom is -0.488 e. The highest BCUT2D eigenvalue weighted by molar-refractivity contribution is 6.37. The van der Waals surface area contributed by atoms with Crippen LogP contribution in [0, 0.1) is 0 Å². The quantitative estimate of drug-likeness (QED) is 0.206. The monoisotopic (exact) mass is 539 g/mol. The fourth-order valence-corrected chi connectivity index (χ4v) is 4.46. The summed E-state index contributed by atoms with van der Waals surface area (Å²) in [6, 6.07) is 17.5. The van der Waals surface area contributed by atoms with Crippen molar-refractivity contribution in [3.05, 3.63) is 91.6 Å². The number of hydrogen-bond donors (Lipinski definition) is 0. The van der Waals surface area contributed by atoms with Gasteiger partial charge in [-0.3, -0.25) is 4.79 Å². The Bertz CT molecular complexity index is 1670. The molecule has 0 unspecified atom stereocenters. The molecule has 0 aliphatic carbocycles. The third-order valence-electron chi connectivity index (χ3n) is 5.69. The van der Waals surface area contributed by atoms with Crippen molar-refractivity contribution in [3.63, 3.8) is 0 Å². The van der Waals surface area contributed by atoms with Crippen molar-refractivity contribution in [2.45, 2.75) is 26.4 Å². The Hall–Kier alpha value is -3.32. The van der Waals surface area contributed by atoms with Crippen molar-refractivity contribution in [1.82, 2.24) is 9.66 Å². The van der Waals surface area contributed by atoms with E-state index in [0.29, 0.717) is 48.6 Å². The summed E-state index contributed by atoms with van der Waals surface area (Å²) in [6.45, 7) is 3.95. The molecule has 0 amide bonds. The van der Waals surface area contributed by atoms with Crippen molar-refractivity contribution < 1.29 is 9.15 Å². The normalized spacial score (nSPS) is 12.6. The molecular weight excluding hydrogens is 521 g/mol. The first-order valence-corrected chi connectivity index (χ1v) is 12.4. The molecule has 2 heterocycles. The number of rotatable bonds is 6. The number of fused-ring (bicyclic) bond motifs is 2. The summed E-state index contributed by atoms with van der Waals surface area (Å²) in [5.41, 5.74) is 1.38. The van der Waals surface area contributed by atoms with Crippen LogP contribution in [0.3, 0.4) is 0 Å². The van der Waals surface area contributed by atoms with Crippen LogP contribution in [-0.4, -0.2) is 22.0 Å². The lowest BCUT2D eigenvalue weighted by Gasteiger charge is -2.15. The first-order chi connectivity index (χ1) is 17.3. The molecule has 6 nitrogen and oxygen atoms in total. The molecule has 9 heteroatoms. The summed E-state index contributed by atoms with van der Waals surface area (Å²) in [6.07, 6.45) is 2.26. The largest absolute Gasteiger partial charge is 0.488 e. The molecule has 5 aromatic rings. The van der Waals surface area contributed by atoms with Crippen LogP contribution in [0.1, 0.15) is 25.8 Å². The summed E-state index contributed by atoms with van der Waals surface area (Å²) in [5, 5.41) is 6.93. The van der Waals surface area contributed by atoms with Gasteiger partial charge in [-0.05, 0) is 67.4 Å². The van der Waals surface area contributed by atoms with Gasteiger partial charge in [-0.1, -0.05) is 53.9 Å². The number of ether oxygens (including phenoxy) is 1. The Morgan fingerprint density at radius 3 is 2.58 bits per heavy atom. The van der Waals surface area contributed by atoms with E-state index in [1.165, 1.54) is 10.9 Å². The van der Waals surface area contributed by atoms with E-state index in [4.69, 9.17) is 44.0 Å². The Morgan fingerprint density at radius 1 is 1.08 bits per heavy atom. The van der Waals surface area contributed by atoms with E-state index in [0.717, 1.165) is 11.8 Å². The minimum absolute atomic E-state index is 0.0389. The van der Waals surface area contributed by atoms with Gasteiger partial charge in [-0.15, -0.1) is 0 Å². The summed E-state index contributed by atoms with van der Waals surface area (Å²) in [5.74, 6) is 1.04. The molecule has 182 valence electrons.